The summed E-state index contributed by atoms with van der Waals surface area (Å²) in [4.78, 5) is 95.6. The van der Waals surface area contributed by atoms with Crippen LogP contribution in [0.1, 0.15) is 78.7 Å². The van der Waals surface area contributed by atoms with Crippen LogP contribution >= 0.6 is 23.1 Å². The van der Waals surface area contributed by atoms with E-state index < -0.39 is 93.4 Å². The third-order valence-corrected chi connectivity index (χ3v) is 13.9. The average molecular weight is 825 g/mol. The van der Waals surface area contributed by atoms with Crippen LogP contribution < -0.4 is 16.5 Å². The molecule has 4 heterocycles. The SMILES string of the molecule is C/C1=C/[C@@H](C(=O)CNC(=O)CNC(=O)c2ccccc2)C(=O)/C=C\C=C/c2csc(n2)[C@@H](C)N2C(=O)C[C@@]([C@@](C)(O)C(=O)SCc3oc(=O)oc3C)(CC1)[S+]2[O-]. The van der Waals surface area contributed by atoms with Crippen molar-refractivity contribution in [3.8, 4) is 0 Å². The first-order valence-corrected chi connectivity index (χ1v) is 20.4. The number of hydrogen-bond donors (Lipinski definition) is 3. The lowest BCUT2D eigenvalue weighted by molar-refractivity contribution is -0.133. The first-order chi connectivity index (χ1) is 26.5. The molecule has 4 bridgehead atoms. The van der Waals surface area contributed by atoms with Crippen molar-refractivity contribution in [3.63, 3.8) is 0 Å². The minimum Gasteiger partial charge on any atom is -0.592 e. The summed E-state index contributed by atoms with van der Waals surface area (Å²) < 4.78 is 23.7. The zero-order valence-electron chi connectivity index (χ0n) is 30.9. The summed E-state index contributed by atoms with van der Waals surface area (Å²) in [7, 11) is 0. The van der Waals surface area contributed by atoms with E-state index in [2.05, 4.69) is 15.6 Å². The summed E-state index contributed by atoms with van der Waals surface area (Å²) in [5, 5.41) is 18.3. The van der Waals surface area contributed by atoms with E-state index >= 15 is 0 Å². The summed E-state index contributed by atoms with van der Waals surface area (Å²) in [5.41, 5.74) is -1.12. The van der Waals surface area contributed by atoms with Crippen molar-refractivity contribution in [2.24, 2.45) is 5.92 Å². The summed E-state index contributed by atoms with van der Waals surface area (Å²) in [6.07, 6.45) is 6.53. The molecular weight excluding hydrogens is 785 g/mol. The van der Waals surface area contributed by atoms with E-state index in [1.54, 1.807) is 61.7 Å². The predicted octanol–water partition coefficient (Wildman–Crippen LogP) is 3.51. The average Bonchev–Trinajstić information content (AvgIpc) is 3.85. The number of amides is 3. The molecule has 296 valence electrons. The summed E-state index contributed by atoms with van der Waals surface area (Å²) in [6.45, 7) is 4.97. The third-order valence-electron chi connectivity index (χ3n) is 9.47. The highest BCUT2D eigenvalue weighted by Crippen LogP contribution is 2.50. The predicted molar refractivity (Wildman–Crippen MR) is 208 cm³/mol. The second kappa shape index (κ2) is 17.9. The molecule has 3 amide bonds. The Balaban J connectivity index is 1.42. The lowest BCUT2D eigenvalue weighted by atomic mass is 9.81. The number of hydrogen-bond acceptors (Lipinski definition) is 14. The van der Waals surface area contributed by atoms with Crippen molar-refractivity contribution in [1.82, 2.24) is 19.9 Å². The maximum absolute atomic E-state index is 14.6. The maximum atomic E-state index is 14.6. The molecule has 1 fully saturated rings. The van der Waals surface area contributed by atoms with Gasteiger partial charge in [0, 0.05) is 17.4 Å². The van der Waals surface area contributed by atoms with Crippen molar-refractivity contribution in [1.29, 1.82) is 0 Å². The Morgan fingerprint density at radius 1 is 1.09 bits per heavy atom. The van der Waals surface area contributed by atoms with Gasteiger partial charge in [-0.3, -0.25) is 28.8 Å². The van der Waals surface area contributed by atoms with Gasteiger partial charge in [-0.15, -0.1) is 11.3 Å². The van der Waals surface area contributed by atoms with Crippen LogP contribution in [0.25, 0.3) is 6.08 Å². The van der Waals surface area contributed by atoms with Gasteiger partial charge in [0.25, 0.3) is 11.8 Å². The topological polar surface area (TPSA) is 229 Å². The number of fused-ring (bicyclic) bond motifs is 4. The molecule has 0 radical (unpaired) electrons. The molecule has 5 atom stereocenters. The van der Waals surface area contributed by atoms with Crippen LogP contribution in [0.3, 0.4) is 0 Å². The van der Waals surface area contributed by atoms with Crippen LogP contribution in [-0.4, -0.2) is 76.8 Å². The number of aliphatic hydroxyl groups is 1. The van der Waals surface area contributed by atoms with E-state index in [0.717, 1.165) is 4.31 Å². The number of carbonyl (C=O) groups excluding carboxylic acids is 6. The number of Topliss-reactive ketones (excluding diaryl/α,β-unsaturated/α-hetero) is 1. The first-order valence-electron chi connectivity index (χ1n) is 17.4. The van der Waals surface area contributed by atoms with Gasteiger partial charge in [-0.2, -0.15) is 4.31 Å². The molecule has 56 heavy (non-hydrogen) atoms. The number of ketones is 2. The second-order valence-electron chi connectivity index (χ2n) is 13.4. The Bertz CT molecular complexity index is 2150. The summed E-state index contributed by atoms with van der Waals surface area (Å²) in [6, 6.07) is 7.45. The van der Waals surface area contributed by atoms with E-state index in [4.69, 9.17) is 8.83 Å². The Hall–Kier alpha value is -4.88. The Morgan fingerprint density at radius 2 is 1.80 bits per heavy atom. The molecule has 18 heteroatoms. The molecule has 1 saturated heterocycles. The number of nitrogens with one attached hydrogen (secondary N) is 2. The van der Waals surface area contributed by atoms with E-state index in [9.17, 15) is 43.2 Å². The minimum absolute atomic E-state index is 0.00892. The van der Waals surface area contributed by atoms with Crippen molar-refractivity contribution in [2.75, 3.05) is 13.1 Å². The van der Waals surface area contributed by atoms with Gasteiger partial charge in [0.1, 0.15) is 22.7 Å². The largest absolute Gasteiger partial charge is 0.592 e. The van der Waals surface area contributed by atoms with Gasteiger partial charge in [0.2, 0.25) is 11.0 Å². The molecular formula is C38H40N4O11S3. The number of nitrogens with zero attached hydrogens (tertiary/aromatic N) is 2. The van der Waals surface area contributed by atoms with Gasteiger partial charge in [-0.25, -0.2) is 9.78 Å². The van der Waals surface area contributed by atoms with Crippen molar-refractivity contribution in [2.45, 2.75) is 69.1 Å². The Morgan fingerprint density at radius 3 is 2.50 bits per heavy atom. The van der Waals surface area contributed by atoms with Gasteiger partial charge in [-0.05, 0) is 58.4 Å². The quantitative estimate of drug-likeness (QED) is 0.151. The molecule has 3 aromatic rings. The molecule has 2 aliphatic heterocycles. The molecule has 2 aromatic heterocycles. The summed E-state index contributed by atoms with van der Waals surface area (Å²) >= 11 is -0.490. The zero-order valence-corrected chi connectivity index (χ0v) is 33.3. The minimum atomic E-state index is -2.39. The van der Waals surface area contributed by atoms with Gasteiger partial charge in [0.05, 0.1) is 42.3 Å². The number of benzene rings is 1. The molecule has 0 spiro atoms. The highest BCUT2D eigenvalue weighted by atomic mass is 32.2. The number of aryl methyl sites for hydroxylation is 1. The smallest absolute Gasteiger partial charge is 0.519 e. The van der Waals surface area contributed by atoms with Gasteiger partial charge < -0.3 is 29.1 Å². The number of aromatic nitrogens is 1. The molecule has 3 N–H and O–H groups in total. The Labute approximate surface area is 333 Å². The molecule has 1 aromatic carbocycles. The zero-order chi connectivity index (χ0) is 40.8. The third kappa shape index (κ3) is 9.38. The fraction of sp³-hybridized carbons (Fsp3) is 0.368. The number of allylic oxidation sites excluding steroid dienone is 5. The van der Waals surface area contributed by atoms with E-state index in [1.807, 2.05) is 0 Å². The lowest BCUT2D eigenvalue weighted by Gasteiger charge is -2.40. The first kappa shape index (κ1) is 42.3. The van der Waals surface area contributed by atoms with Crippen LogP contribution in [0.5, 0.6) is 0 Å². The van der Waals surface area contributed by atoms with E-state index in [-0.39, 0.29) is 30.1 Å². The van der Waals surface area contributed by atoms with Crippen LogP contribution in [0.15, 0.2) is 79.2 Å². The molecule has 15 nitrogen and oxygen atoms in total. The number of thioether (sulfide) groups is 1. The normalized spacial score (nSPS) is 24.6. The molecule has 2 aliphatic rings. The van der Waals surface area contributed by atoms with Crippen LogP contribution in [0.2, 0.25) is 0 Å². The monoisotopic (exact) mass is 824 g/mol. The van der Waals surface area contributed by atoms with Gasteiger partial charge >= 0.3 is 5.82 Å². The molecule has 0 saturated carbocycles. The fourth-order valence-electron chi connectivity index (χ4n) is 6.14. The fourth-order valence-corrected chi connectivity index (χ4v) is 10.1. The van der Waals surface area contributed by atoms with Crippen LogP contribution in [0.4, 0.5) is 0 Å². The lowest BCUT2D eigenvalue weighted by Crippen LogP contribution is -2.60. The Kier molecular flexibility index (Phi) is 13.5. The number of carbonyl (C=O) groups is 6. The molecule has 5 rings (SSSR count). The second-order valence-corrected chi connectivity index (χ2v) is 16.9. The maximum Gasteiger partial charge on any atom is 0.519 e. The standard InChI is InChI=1S/C38H40N4O11S3/c1-22-14-15-38(37(4,50)35(48)55-21-30-24(3)52-36(49)53-30)17-32(46)42(56(38)51)23(2)34-41-26(20-54-34)12-8-9-13-28(43)27(16-22)29(44)18-39-31(45)19-40-33(47)25-10-6-5-7-11-25/h5-13,16,20,23,27,50H,14-15,17-19,21H2,1-4H3,(H,39,45)(H,40,47)/b12-8-,13-9-,22-16-/t23-,27-,37+,38-,56?/m1/s1. The van der Waals surface area contributed by atoms with Gasteiger partial charge in [0.15, 0.2) is 27.7 Å². The van der Waals surface area contributed by atoms with Crippen LogP contribution in [0, 0.1) is 12.8 Å². The number of thiazole rings is 1. The summed E-state index contributed by atoms with van der Waals surface area (Å²) in [5.74, 6) is -5.31. The van der Waals surface area contributed by atoms with E-state index in [1.165, 1.54) is 43.4 Å². The van der Waals surface area contributed by atoms with E-state index in [0.29, 0.717) is 33.6 Å². The number of rotatable bonds is 10. The van der Waals surface area contributed by atoms with Crippen molar-refractivity contribution >= 4 is 74.9 Å². The van der Waals surface area contributed by atoms with Crippen molar-refractivity contribution in [3.05, 3.63) is 104 Å². The highest BCUT2D eigenvalue weighted by molar-refractivity contribution is 8.13. The highest BCUT2D eigenvalue weighted by Gasteiger charge is 2.69. The van der Waals surface area contributed by atoms with Gasteiger partial charge in [-0.1, -0.05) is 53.8 Å². The molecule has 1 unspecified atom stereocenters. The molecule has 0 aliphatic carbocycles. The van der Waals surface area contributed by atoms with Crippen molar-refractivity contribution < 1.29 is 47.3 Å². The van der Waals surface area contributed by atoms with Crippen LogP contribution in [-0.2, 0) is 41.1 Å².